The van der Waals surface area contributed by atoms with Crippen molar-refractivity contribution in [3.05, 3.63) is 34.5 Å². The van der Waals surface area contributed by atoms with Gasteiger partial charge in [-0.2, -0.15) is 0 Å². The highest BCUT2D eigenvalue weighted by Crippen LogP contribution is 2.03. The van der Waals surface area contributed by atoms with E-state index in [1.54, 1.807) is 11.4 Å². The Hall–Kier alpha value is -2.77. The van der Waals surface area contributed by atoms with E-state index in [2.05, 4.69) is 15.0 Å². The molecule has 0 saturated heterocycles. The minimum atomic E-state index is -1.05. The average molecular weight is 233 g/mol. The summed E-state index contributed by atoms with van der Waals surface area (Å²) in [7, 11) is 0. The minimum Gasteiger partial charge on any atom is -0.351 e. The van der Waals surface area contributed by atoms with Crippen LogP contribution in [0.2, 0.25) is 0 Å². The van der Waals surface area contributed by atoms with Gasteiger partial charge in [-0.15, -0.1) is 0 Å². The molecule has 8 heteroatoms. The number of primary amides is 1. The highest BCUT2D eigenvalue weighted by molar-refractivity contribution is 6.03. The number of imide groups is 1. The summed E-state index contributed by atoms with van der Waals surface area (Å²) in [6.45, 7) is 0. The number of nitrogens with zero attached hydrogens (tertiary/aromatic N) is 2. The maximum absolute atomic E-state index is 11.5. The smallest absolute Gasteiger partial charge is 0.319 e. The number of carbonyl (C=O) groups excluding carboxylic acids is 2. The second kappa shape index (κ2) is 4.00. The zero-order valence-electron chi connectivity index (χ0n) is 8.43. The molecule has 0 bridgehead atoms. The number of nitrogens with one attached hydrogen (secondary N) is 2. The van der Waals surface area contributed by atoms with Crippen molar-refractivity contribution in [3.63, 3.8) is 0 Å². The molecule has 4 N–H and O–H groups in total. The van der Waals surface area contributed by atoms with E-state index in [0.29, 0.717) is 11.0 Å². The molecule has 0 aromatic carbocycles. The van der Waals surface area contributed by atoms with Crippen LogP contribution in [0.25, 0.3) is 11.0 Å². The molecule has 0 radical (unpaired) electrons. The zero-order chi connectivity index (χ0) is 12.4. The van der Waals surface area contributed by atoms with Gasteiger partial charge < -0.3 is 10.7 Å². The zero-order valence-corrected chi connectivity index (χ0v) is 8.43. The maximum Gasteiger partial charge on any atom is 0.319 e. The number of hydrogen-bond acceptors (Lipinski definition) is 5. The molecule has 86 valence electrons. The van der Waals surface area contributed by atoms with Crippen LogP contribution in [0.4, 0.5) is 4.79 Å². The number of rotatable bonds is 1. The van der Waals surface area contributed by atoms with Crippen molar-refractivity contribution in [3.8, 4) is 0 Å². The fourth-order valence-electron chi connectivity index (χ4n) is 1.26. The van der Waals surface area contributed by atoms with Crippen LogP contribution in [-0.2, 0) is 0 Å². The number of pyridine rings is 1. The number of H-pyrrole nitrogens is 1. The van der Waals surface area contributed by atoms with E-state index in [4.69, 9.17) is 5.73 Å². The normalized spacial score (nSPS) is 10.1. The Morgan fingerprint density at radius 3 is 2.88 bits per heavy atom. The average Bonchev–Trinajstić information content (AvgIpc) is 2.27. The molecule has 0 unspecified atom stereocenters. The second-order valence-corrected chi connectivity index (χ2v) is 3.13. The lowest BCUT2D eigenvalue weighted by molar-refractivity contribution is 0.0960. The maximum atomic E-state index is 11.5. The first-order valence-corrected chi connectivity index (χ1v) is 4.53. The summed E-state index contributed by atoms with van der Waals surface area (Å²) in [4.78, 5) is 43.4. The predicted molar refractivity (Wildman–Crippen MR) is 57.2 cm³/mol. The van der Waals surface area contributed by atoms with Gasteiger partial charge in [0.25, 0.3) is 11.5 Å². The molecule has 17 heavy (non-hydrogen) atoms. The molecule has 3 amide bonds. The highest BCUT2D eigenvalue weighted by atomic mass is 16.2. The summed E-state index contributed by atoms with van der Waals surface area (Å²) in [5.74, 6) is -0.954. The van der Waals surface area contributed by atoms with Gasteiger partial charge in [-0.05, 0) is 6.07 Å². The molecule has 0 aliphatic carbocycles. The Balaban J connectivity index is 2.55. The van der Waals surface area contributed by atoms with E-state index in [0.717, 1.165) is 0 Å². The van der Waals surface area contributed by atoms with Gasteiger partial charge in [0.15, 0.2) is 5.69 Å². The van der Waals surface area contributed by atoms with Gasteiger partial charge in [-0.1, -0.05) is 0 Å². The van der Waals surface area contributed by atoms with Crippen LogP contribution in [0.15, 0.2) is 23.3 Å². The van der Waals surface area contributed by atoms with Crippen LogP contribution in [0.5, 0.6) is 0 Å². The molecule has 0 spiro atoms. The first-order chi connectivity index (χ1) is 8.08. The minimum absolute atomic E-state index is 0.335. The lowest BCUT2D eigenvalue weighted by Gasteiger charge is -2.01. The van der Waals surface area contributed by atoms with Crippen molar-refractivity contribution in [1.82, 2.24) is 20.3 Å². The number of nitrogens with two attached hydrogens (primary N) is 1. The molecule has 0 aliphatic rings. The van der Waals surface area contributed by atoms with Crippen LogP contribution in [0.3, 0.4) is 0 Å². The fourth-order valence-corrected chi connectivity index (χ4v) is 1.26. The first kappa shape index (κ1) is 10.7. The molecule has 8 nitrogen and oxygen atoms in total. The Labute approximate surface area is 93.9 Å². The topological polar surface area (TPSA) is 131 Å². The molecule has 0 fully saturated rings. The number of hydrogen-bond donors (Lipinski definition) is 3. The summed E-state index contributed by atoms with van der Waals surface area (Å²) in [6.07, 6.45) is 2.86. The largest absolute Gasteiger partial charge is 0.351 e. The third kappa shape index (κ3) is 2.09. The molecule has 0 saturated carbocycles. The third-order valence-electron chi connectivity index (χ3n) is 1.95. The lowest BCUT2D eigenvalue weighted by Crippen LogP contribution is -2.38. The molecular weight excluding hydrogens is 226 g/mol. The van der Waals surface area contributed by atoms with Crippen molar-refractivity contribution in [2.75, 3.05) is 0 Å². The van der Waals surface area contributed by atoms with Crippen LogP contribution >= 0.6 is 0 Å². The van der Waals surface area contributed by atoms with E-state index in [1.807, 2.05) is 0 Å². The monoisotopic (exact) mass is 233 g/mol. The second-order valence-electron chi connectivity index (χ2n) is 3.13. The Bertz CT molecular complexity index is 663. The number of aromatic nitrogens is 3. The Morgan fingerprint density at radius 2 is 2.18 bits per heavy atom. The molecule has 2 aromatic heterocycles. The van der Waals surface area contributed by atoms with E-state index >= 15 is 0 Å². The van der Waals surface area contributed by atoms with Crippen molar-refractivity contribution >= 4 is 23.0 Å². The summed E-state index contributed by atoms with van der Waals surface area (Å²) >= 11 is 0. The van der Waals surface area contributed by atoms with Gasteiger partial charge >= 0.3 is 6.03 Å². The molecule has 2 heterocycles. The molecular formula is C9H7N5O3. The summed E-state index contributed by atoms with van der Waals surface area (Å²) in [5.41, 5.74) is 4.40. The molecule has 0 atom stereocenters. The Kier molecular flexibility index (Phi) is 2.53. The number of urea groups is 1. The van der Waals surface area contributed by atoms with Gasteiger partial charge in [0, 0.05) is 6.20 Å². The van der Waals surface area contributed by atoms with Crippen molar-refractivity contribution in [2.24, 2.45) is 5.73 Å². The standard InChI is InChI=1S/C9H7N5O3/c10-9(17)14-8(16)6-7(15)13-4-1-2-11-3-5(4)12-6/h1-3H,(H,13,15)(H3,10,14,16,17). The number of amides is 3. The summed E-state index contributed by atoms with van der Waals surface area (Å²) in [6, 6.07) is 0.488. The molecule has 0 aliphatic heterocycles. The molecule has 2 aromatic rings. The lowest BCUT2D eigenvalue weighted by atomic mass is 10.3. The SMILES string of the molecule is NC(=O)NC(=O)c1nc2cnccc2[nH]c1=O. The van der Waals surface area contributed by atoms with E-state index in [1.165, 1.54) is 12.4 Å². The highest BCUT2D eigenvalue weighted by Gasteiger charge is 2.15. The number of carbonyl (C=O) groups is 2. The quantitative estimate of drug-likeness (QED) is 0.589. The van der Waals surface area contributed by atoms with Crippen LogP contribution in [0, 0.1) is 0 Å². The van der Waals surface area contributed by atoms with Gasteiger partial charge in [0.2, 0.25) is 0 Å². The van der Waals surface area contributed by atoms with E-state index in [9.17, 15) is 14.4 Å². The number of aromatic amines is 1. The van der Waals surface area contributed by atoms with Gasteiger partial charge in [-0.25, -0.2) is 9.78 Å². The van der Waals surface area contributed by atoms with Gasteiger partial charge in [-0.3, -0.25) is 19.9 Å². The predicted octanol–water partition coefficient (Wildman–Crippen LogP) is -0.873. The number of fused-ring (bicyclic) bond motifs is 1. The van der Waals surface area contributed by atoms with E-state index < -0.39 is 23.2 Å². The molecule has 2 rings (SSSR count). The van der Waals surface area contributed by atoms with Crippen LogP contribution in [-0.4, -0.2) is 26.9 Å². The van der Waals surface area contributed by atoms with Crippen molar-refractivity contribution < 1.29 is 9.59 Å². The summed E-state index contributed by atoms with van der Waals surface area (Å²) < 4.78 is 0. The van der Waals surface area contributed by atoms with Gasteiger partial charge in [0.1, 0.15) is 5.52 Å². The first-order valence-electron chi connectivity index (χ1n) is 4.53. The Morgan fingerprint density at radius 1 is 1.41 bits per heavy atom. The van der Waals surface area contributed by atoms with Crippen LogP contribution < -0.4 is 16.6 Å². The summed E-state index contributed by atoms with van der Waals surface area (Å²) in [5, 5.41) is 1.76. The van der Waals surface area contributed by atoms with Gasteiger partial charge in [0.05, 0.1) is 11.7 Å². The van der Waals surface area contributed by atoms with E-state index in [-0.39, 0.29) is 0 Å². The van der Waals surface area contributed by atoms with Crippen molar-refractivity contribution in [1.29, 1.82) is 0 Å². The third-order valence-corrected chi connectivity index (χ3v) is 1.95. The van der Waals surface area contributed by atoms with Crippen LogP contribution in [0.1, 0.15) is 10.5 Å². The van der Waals surface area contributed by atoms with Crippen molar-refractivity contribution in [2.45, 2.75) is 0 Å². The fraction of sp³-hybridized carbons (Fsp3) is 0.